The molecule has 0 saturated carbocycles. The van der Waals surface area contributed by atoms with Gasteiger partial charge >= 0.3 is 0 Å². The summed E-state index contributed by atoms with van der Waals surface area (Å²) in [5.74, 6) is 0. The summed E-state index contributed by atoms with van der Waals surface area (Å²) in [6.07, 6.45) is 3.13. The van der Waals surface area contributed by atoms with Crippen LogP contribution in [0.1, 0.15) is 26.3 Å². The molecule has 0 aromatic carbocycles. The molecule has 84 valence electrons. The number of nitrogens with zero attached hydrogens (tertiary/aromatic N) is 2. The van der Waals surface area contributed by atoms with Crippen LogP contribution in [0.4, 0.5) is 5.69 Å². The third kappa shape index (κ3) is 1.64. The summed E-state index contributed by atoms with van der Waals surface area (Å²) in [6.45, 7) is 6.19. The lowest BCUT2D eigenvalue weighted by atomic mass is 9.87. The van der Waals surface area contributed by atoms with Crippen LogP contribution in [-0.4, -0.2) is 14.9 Å². The van der Waals surface area contributed by atoms with E-state index in [2.05, 4.69) is 30.7 Å². The van der Waals surface area contributed by atoms with Gasteiger partial charge in [0.15, 0.2) is 0 Å². The van der Waals surface area contributed by atoms with E-state index < -0.39 is 4.92 Å². The fraction of sp³-hybridized carbons (Fsp3) is 0.364. The molecule has 0 bridgehead atoms. The first-order chi connectivity index (χ1) is 7.39. The van der Waals surface area contributed by atoms with Gasteiger partial charge in [-0.2, -0.15) is 0 Å². The van der Waals surface area contributed by atoms with Crippen molar-refractivity contribution in [2.75, 3.05) is 0 Å². The molecular weight excluding hydrogens is 206 g/mol. The maximum Gasteiger partial charge on any atom is 0.288 e. The SMILES string of the molecule is CC(C)(C)c1c[nH]c2ncc([N+](=O)[O-])cc12. The Labute approximate surface area is 92.7 Å². The minimum Gasteiger partial charge on any atom is -0.346 e. The van der Waals surface area contributed by atoms with Crippen LogP contribution in [0.2, 0.25) is 0 Å². The molecule has 0 atom stereocenters. The van der Waals surface area contributed by atoms with E-state index in [4.69, 9.17) is 0 Å². The molecule has 0 aliphatic carbocycles. The first kappa shape index (κ1) is 10.6. The van der Waals surface area contributed by atoms with E-state index in [1.807, 2.05) is 6.20 Å². The van der Waals surface area contributed by atoms with Gasteiger partial charge in [-0.25, -0.2) is 4.98 Å². The van der Waals surface area contributed by atoms with E-state index in [-0.39, 0.29) is 11.1 Å². The van der Waals surface area contributed by atoms with Crippen LogP contribution in [-0.2, 0) is 5.41 Å². The maximum absolute atomic E-state index is 10.7. The van der Waals surface area contributed by atoms with Crippen LogP contribution in [0, 0.1) is 10.1 Å². The summed E-state index contributed by atoms with van der Waals surface area (Å²) in [6, 6.07) is 1.57. The van der Waals surface area contributed by atoms with Gasteiger partial charge in [0.25, 0.3) is 5.69 Å². The summed E-state index contributed by atoms with van der Waals surface area (Å²) in [7, 11) is 0. The molecule has 0 radical (unpaired) electrons. The Kier molecular flexibility index (Phi) is 2.18. The largest absolute Gasteiger partial charge is 0.346 e. The van der Waals surface area contributed by atoms with Crippen LogP contribution in [0.5, 0.6) is 0 Å². The Bertz CT molecular complexity index is 552. The molecule has 2 rings (SSSR count). The number of aromatic amines is 1. The number of pyridine rings is 1. The van der Waals surface area contributed by atoms with E-state index in [9.17, 15) is 10.1 Å². The number of fused-ring (bicyclic) bond motifs is 1. The van der Waals surface area contributed by atoms with Crippen molar-refractivity contribution in [2.45, 2.75) is 26.2 Å². The molecule has 2 aromatic rings. The van der Waals surface area contributed by atoms with Crippen molar-refractivity contribution in [3.8, 4) is 0 Å². The van der Waals surface area contributed by atoms with Gasteiger partial charge in [0.05, 0.1) is 4.92 Å². The summed E-state index contributed by atoms with van der Waals surface area (Å²) in [5.41, 5.74) is 1.70. The standard InChI is InChI=1S/C11H13N3O2/c1-11(2,3)9-6-13-10-8(9)4-7(5-12-10)14(15)16/h4-6H,1-3H3,(H,12,13). The minimum absolute atomic E-state index is 0.0256. The topological polar surface area (TPSA) is 71.8 Å². The minimum atomic E-state index is -0.425. The molecule has 2 heterocycles. The van der Waals surface area contributed by atoms with E-state index in [0.29, 0.717) is 5.65 Å². The predicted molar refractivity (Wildman–Crippen MR) is 61.4 cm³/mol. The molecule has 5 nitrogen and oxygen atoms in total. The lowest BCUT2D eigenvalue weighted by Crippen LogP contribution is -2.10. The molecule has 0 aliphatic rings. The molecule has 16 heavy (non-hydrogen) atoms. The average molecular weight is 219 g/mol. The van der Waals surface area contributed by atoms with Gasteiger partial charge in [0, 0.05) is 17.6 Å². The number of hydrogen-bond acceptors (Lipinski definition) is 3. The monoisotopic (exact) mass is 219 g/mol. The van der Waals surface area contributed by atoms with Gasteiger partial charge in [0.2, 0.25) is 0 Å². The van der Waals surface area contributed by atoms with Crippen molar-refractivity contribution in [2.24, 2.45) is 0 Å². The normalized spacial score (nSPS) is 11.9. The Morgan fingerprint density at radius 1 is 1.44 bits per heavy atom. The summed E-state index contributed by atoms with van der Waals surface area (Å²) < 4.78 is 0. The fourth-order valence-corrected chi connectivity index (χ4v) is 1.71. The highest BCUT2D eigenvalue weighted by Crippen LogP contribution is 2.30. The Morgan fingerprint density at radius 3 is 2.69 bits per heavy atom. The van der Waals surface area contributed by atoms with Crippen LogP contribution in [0.3, 0.4) is 0 Å². The zero-order chi connectivity index (χ0) is 11.9. The molecule has 0 unspecified atom stereocenters. The number of nitro groups is 1. The van der Waals surface area contributed by atoms with Gasteiger partial charge < -0.3 is 4.98 Å². The molecule has 1 N–H and O–H groups in total. The number of aromatic nitrogens is 2. The van der Waals surface area contributed by atoms with Gasteiger partial charge in [0.1, 0.15) is 11.8 Å². The lowest BCUT2D eigenvalue weighted by molar-refractivity contribution is -0.385. The van der Waals surface area contributed by atoms with E-state index in [1.165, 1.54) is 6.20 Å². The molecule has 0 saturated heterocycles. The van der Waals surface area contributed by atoms with Gasteiger partial charge in [-0.15, -0.1) is 0 Å². The third-order valence-electron chi connectivity index (χ3n) is 2.54. The van der Waals surface area contributed by atoms with Gasteiger partial charge in [-0.05, 0) is 11.0 Å². The van der Waals surface area contributed by atoms with Gasteiger partial charge in [-0.1, -0.05) is 20.8 Å². The molecular formula is C11H13N3O2. The Balaban J connectivity index is 2.70. The van der Waals surface area contributed by atoms with Crippen molar-refractivity contribution in [3.63, 3.8) is 0 Å². The average Bonchev–Trinajstić information content (AvgIpc) is 2.58. The maximum atomic E-state index is 10.7. The van der Waals surface area contributed by atoms with E-state index in [1.54, 1.807) is 6.07 Å². The van der Waals surface area contributed by atoms with Crippen LogP contribution in [0.25, 0.3) is 11.0 Å². The molecule has 5 heteroatoms. The van der Waals surface area contributed by atoms with Crippen molar-refractivity contribution < 1.29 is 4.92 Å². The Morgan fingerprint density at radius 2 is 2.12 bits per heavy atom. The predicted octanol–water partition coefficient (Wildman–Crippen LogP) is 2.77. The van der Waals surface area contributed by atoms with E-state index >= 15 is 0 Å². The third-order valence-corrected chi connectivity index (χ3v) is 2.54. The molecule has 0 fully saturated rings. The highest BCUT2D eigenvalue weighted by molar-refractivity contribution is 5.82. The lowest BCUT2D eigenvalue weighted by Gasteiger charge is -2.16. The quantitative estimate of drug-likeness (QED) is 0.592. The molecule has 0 amide bonds. The fourth-order valence-electron chi connectivity index (χ4n) is 1.71. The number of rotatable bonds is 1. The molecule has 0 aliphatic heterocycles. The zero-order valence-corrected chi connectivity index (χ0v) is 9.44. The van der Waals surface area contributed by atoms with Crippen molar-refractivity contribution >= 4 is 16.7 Å². The second-order valence-electron chi connectivity index (χ2n) is 4.80. The highest BCUT2D eigenvalue weighted by Gasteiger charge is 2.20. The Hall–Kier alpha value is -1.91. The summed E-state index contributed by atoms with van der Waals surface area (Å²) in [5, 5.41) is 11.5. The van der Waals surface area contributed by atoms with Crippen LogP contribution in [0.15, 0.2) is 18.5 Å². The van der Waals surface area contributed by atoms with Crippen LogP contribution < -0.4 is 0 Å². The smallest absolute Gasteiger partial charge is 0.288 e. The zero-order valence-electron chi connectivity index (χ0n) is 9.44. The summed E-state index contributed by atoms with van der Waals surface area (Å²) >= 11 is 0. The highest BCUT2D eigenvalue weighted by atomic mass is 16.6. The first-order valence-electron chi connectivity index (χ1n) is 5.01. The van der Waals surface area contributed by atoms with Crippen LogP contribution >= 0.6 is 0 Å². The van der Waals surface area contributed by atoms with Crippen molar-refractivity contribution in [3.05, 3.63) is 34.1 Å². The first-order valence-corrected chi connectivity index (χ1v) is 5.01. The number of nitrogens with one attached hydrogen (secondary N) is 1. The number of hydrogen-bond donors (Lipinski definition) is 1. The van der Waals surface area contributed by atoms with Crippen molar-refractivity contribution in [1.82, 2.24) is 9.97 Å². The van der Waals surface area contributed by atoms with Gasteiger partial charge in [-0.3, -0.25) is 10.1 Å². The molecule has 2 aromatic heterocycles. The second-order valence-corrected chi connectivity index (χ2v) is 4.80. The second kappa shape index (κ2) is 3.30. The summed E-state index contributed by atoms with van der Waals surface area (Å²) in [4.78, 5) is 17.3. The molecule has 0 spiro atoms. The number of H-pyrrole nitrogens is 1. The van der Waals surface area contributed by atoms with Crippen molar-refractivity contribution in [1.29, 1.82) is 0 Å². The van der Waals surface area contributed by atoms with E-state index in [0.717, 1.165) is 10.9 Å².